The van der Waals surface area contributed by atoms with Gasteiger partial charge < -0.3 is 9.84 Å². The molecule has 31 heavy (non-hydrogen) atoms. The highest BCUT2D eigenvalue weighted by Gasteiger charge is 2.20. The molecule has 0 aromatic heterocycles. The van der Waals surface area contributed by atoms with Crippen LogP contribution < -0.4 is 4.74 Å². The Balaban J connectivity index is 1.86. The first-order valence-corrected chi connectivity index (χ1v) is 8.96. The summed E-state index contributed by atoms with van der Waals surface area (Å²) in [7, 11) is 1.48. The van der Waals surface area contributed by atoms with Crippen molar-refractivity contribution in [3.05, 3.63) is 80.9 Å². The quantitative estimate of drug-likeness (QED) is 0.184. The van der Waals surface area contributed by atoms with Crippen molar-refractivity contribution in [1.29, 1.82) is 0 Å². The number of phenolic OH excluding ortho intramolecular Hbond substituents is 1. The Bertz CT molecular complexity index is 1400. The number of ether oxygens (including phenoxy) is 1. The second kappa shape index (κ2) is 7.67. The summed E-state index contributed by atoms with van der Waals surface area (Å²) in [5, 5.41) is 43.7. The highest BCUT2D eigenvalue weighted by atomic mass is 16.6. The molecular weight excluding hydrogens is 404 g/mol. The van der Waals surface area contributed by atoms with Gasteiger partial charge in [0.05, 0.1) is 23.0 Å². The molecule has 0 saturated carbocycles. The van der Waals surface area contributed by atoms with Crippen LogP contribution in [-0.4, -0.2) is 22.1 Å². The smallest absolute Gasteiger partial charge is 0.303 e. The van der Waals surface area contributed by atoms with Crippen LogP contribution in [-0.2, 0) is 0 Å². The fraction of sp³-hybridized carbons (Fsp3) is 0.0476. The first-order chi connectivity index (χ1) is 14.9. The van der Waals surface area contributed by atoms with E-state index < -0.39 is 21.2 Å². The van der Waals surface area contributed by atoms with Gasteiger partial charge in [0.1, 0.15) is 11.4 Å². The summed E-state index contributed by atoms with van der Waals surface area (Å²) in [6, 6.07) is 15.8. The van der Waals surface area contributed by atoms with Crippen LogP contribution in [0.4, 0.5) is 22.7 Å². The normalized spacial score (nSPS) is 11.3. The Morgan fingerprint density at radius 1 is 0.839 bits per heavy atom. The standard InChI is InChI=1S/C21H14N4O6/c1-31-20-11-18(21(26)16-9-13-5-3-2-4-12(13)8-15(16)20)23-22-17-7-6-14(24(27)28)10-19(17)25(29)30/h2-11,26H,1H3. The number of phenols is 1. The lowest BCUT2D eigenvalue weighted by molar-refractivity contribution is -0.393. The maximum Gasteiger partial charge on any atom is 0.303 e. The Morgan fingerprint density at radius 2 is 1.48 bits per heavy atom. The largest absolute Gasteiger partial charge is 0.505 e. The number of non-ortho nitro benzene ring substituents is 1. The van der Waals surface area contributed by atoms with Crippen molar-refractivity contribution < 1.29 is 19.7 Å². The lowest BCUT2D eigenvalue weighted by Gasteiger charge is -2.11. The molecule has 10 heteroatoms. The van der Waals surface area contributed by atoms with Crippen molar-refractivity contribution in [2.75, 3.05) is 7.11 Å². The molecular formula is C21H14N4O6. The van der Waals surface area contributed by atoms with E-state index in [1.165, 1.54) is 13.2 Å². The number of hydrogen-bond acceptors (Lipinski definition) is 8. The molecule has 0 aliphatic heterocycles. The van der Waals surface area contributed by atoms with Gasteiger partial charge in [-0.3, -0.25) is 20.2 Å². The SMILES string of the molecule is COc1cc(N=Nc2ccc([N+](=O)[O-])cc2[N+](=O)[O-])c(O)c2cc3ccccc3cc12. The van der Waals surface area contributed by atoms with Crippen molar-refractivity contribution in [2.24, 2.45) is 10.2 Å². The van der Waals surface area contributed by atoms with E-state index in [1.807, 2.05) is 30.3 Å². The first-order valence-electron chi connectivity index (χ1n) is 8.96. The molecule has 10 nitrogen and oxygen atoms in total. The van der Waals surface area contributed by atoms with Gasteiger partial charge in [-0.15, -0.1) is 10.2 Å². The summed E-state index contributed by atoms with van der Waals surface area (Å²) in [6.07, 6.45) is 0. The Hall–Kier alpha value is -4.60. The van der Waals surface area contributed by atoms with Gasteiger partial charge in [-0.1, -0.05) is 24.3 Å². The maximum absolute atomic E-state index is 11.3. The molecule has 0 bridgehead atoms. The van der Waals surface area contributed by atoms with Crippen LogP contribution in [0.2, 0.25) is 0 Å². The molecule has 0 atom stereocenters. The molecule has 0 amide bonds. The minimum Gasteiger partial charge on any atom is -0.505 e. The summed E-state index contributed by atoms with van der Waals surface area (Å²) >= 11 is 0. The van der Waals surface area contributed by atoms with E-state index in [2.05, 4.69) is 10.2 Å². The second-order valence-electron chi connectivity index (χ2n) is 6.58. The van der Waals surface area contributed by atoms with Crippen LogP contribution in [0.15, 0.2) is 70.9 Å². The van der Waals surface area contributed by atoms with Crippen molar-refractivity contribution >= 4 is 44.3 Å². The number of nitro benzene ring substituents is 2. The summed E-state index contributed by atoms with van der Waals surface area (Å²) in [4.78, 5) is 20.6. The van der Waals surface area contributed by atoms with Crippen LogP contribution in [0, 0.1) is 20.2 Å². The van der Waals surface area contributed by atoms with Crippen LogP contribution >= 0.6 is 0 Å². The van der Waals surface area contributed by atoms with Crippen LogP contribution in [0.3, 0.4) is 0 Å². The van der Waals surface area contributed by atoms with E-state index in [0.717, 1.165) is 29.0 Å². The summed E-state index contributed by atoms with van der Waals surface area (Å²) in [6.45, 7) is 0. The highest BCUT2D eigenvalue weighted by Crippen LogP contribution is 2.43. The van der Waals surface area contributed by atoms with E-state index in [0.29, 0.717) is 16.5 Å². The summed E-state index contributed by atoms with van der Waals surface area (Å²) < 4.78 is 5.43. The average molecular weight is 418 g/mol. The Kier molecular flexibility index (Phi) is 4.88. The van der Waals surface area contributed by atoms with Gasteiger partial charge in [-0.05, 0) is 29.0 Å². The second-order valence-corrected chi connectivity index (χ2v) is 6.58. The van der Waals surface area contributed by atoms with Crippen LogP contribution in [0.5, 0.6) is 11.5 Å². The van der Waals surface area contributed by atoms with Crippen LogP contribution in [0.1, 0.15) is 0 Å². The maximum atomic E-state index is 11.3. The van der Waals surface area contributed by atoms with E-state index in [9.17, 15) is 25.3 Å². The number of nitro groups is 2. The topological polar surface area (TPSA) is 140 Å². The van der Waals surface area contributed by atoms with Crippen molar-refractivity contribution in [1.82, 2.24) is 0 Å². The molecule has 4 aromatic rings. The van der Waals surface area contributed by atoms with Gasteiger partial charge in [0.15, 0.2) is 11.4 Å². The van der Waals surface area contributed by atoms with Gasteiger partial charge in [0.25, 0.3) is 5.69 Å². The van der Waals surface area contributed by atoms with Gasteiger partial charge in [0.2, 0.25) is 0 Å². The molecule has 0 aliphatic carbocycles. The van der Waals surface area contributed by atoms with E-state index in [4.69, 9.17) is 4.74 Å². The fourth-order valence-electron chi connectivity index (χ4n) is 3.26. The van der Waals surface area contributed by atoms with Gasteiger partial charge in [0, 0.05) is 22.9 Å². The molecule has 4 rings (SSSR count). The number of benzene rings is 4. The van der Waals surface area contributed by atoms with Gasteiger partial charge in [-0.2, -0.15) is 0 Å². The summed E-state index contributed by atoms with van der Waals surface area (Å²) in [5.41, 5.74) is -1.16. The molecule has 0 saturated heterocycles. The number of nitrogens with zero attached hydrogens (tertiary/aromatic N) is 4. The lowest BCUT2D eigenvalue weighted by Crippen LogP contribution is -1.92. The summed E-state index contributed by atoms with van der Waals surface area (Å²) in [5.74, 6) is 0.264. The lowest BCUT2D eigenvalue weighted by atomic mass is 10.0. The molecule has 1 N–H and O–H groups in total. The highest BCUT2D eigenvalue weighted by molar-refractivity contribution is 6.05. The van der Waals surface area contributed by atoms with Crippen LogP contribution in [0.25, 0.3) is 21.5 Å². The van der Waals surface area contributed by atoms with E-state index in [-0.39, 0.29) is 17.1 Å². The van der Waals surface area contributed by atoms with Crippen molar-refractivity contribution in [3.63, 3.8) is 0 Å². The molecule has 0 heterocycles. The number of fused-ring (bicyclic) bond motifs is 2. The molecule has 0 spiro atoms. The predicted molar refractivity (Wildman–Crippen MR) is 114 cm³/mol. The third-order valence-electron chi connectivity index (χ3n) is 4.77. The molecule has 0 unspecified atom stereocenters. The number of aromatic hydroxyl groups is 1. The first kappa shape index (κ1) is 19.7. The van der Waals surface area contributed by atoms with Gasteiger partial charge in [-0.25, -0.2) is 0 Å². The predicted octanol–water partition coefficient (Wildman–Crippen LogP) is 5.94. The zero-order valence-corrected chi connectivity index (χ0v) is 16.1. The molecule has 4 aromatic carbocycles. The van der Waals surface area contributed by atoms with E-state index in [1.54, 1.807) is 6.07 Å². The number of azo groups is 1. The zero-order valence-electron chi connectivity index (χ0n) is 16.1. The fourth-order valence-corrected chi connectivity index (χ4v) is 3.26. The van der Waals surface area contributed by atoms with E-state index >= 15 is 0 Å². The molecule has 0 fully saturated rings. The van der Waals surface area contributed by atoms with Crippen molar-refractivity contribution in [2.45, 2.75) is 0 Å². The molecule has 0 radical (unpaired) electrons. The number of methoxy groups -OCH3 is 1. The number of hydrogen-bond donors (Lipinski definition) is 1. The third-order valence-corrected chi connectivity index (χ3v) is 4.77. The Labute approximate surface area is 174 Å². The molecule has 0 aliphatic rings. The Morgan fingerprint density at radius 3 is 2.10 bits per heavy atom. The van der Waals surface area contributed by atoms with Crippen molar-refractivity contribution in [3.8, 4) is 11.5 Å². The minimum absolute atomic E-state index is 0.0345. The number of rotatable bonds is 5. The monoisotopic (exact) mass is 418 g/mol. The van der Waals surface area contributed by atoms with Gasteiger partial charge >= 0.3 is 5.69 Å². The molecule has 154 valence electrons. The zero-order chi connectivity index (χ0) is 22.1. The average Bonchev–Trinajstić information content (AvgIpc) is 2.77. The third kappa shape index (κ3) is 3.57. The minimum atomic E-state index is -0.783.